The summed E-state index contributed by atoms with van der Waals surface area (Å²) in [5, 5.41) is 0. The lowest BCUT2D eigenvalue weighted by Crippen LogP contribution is -2.23. The van der Waals surface area contributed by atoms with E-state index in [0.29, 0.717) is 10.8 Å². The topological polar surface area (TPSA) is 0 Å². The molecule has 0 aromatic heterocycles. The van der Waals surface area contributed by atoms with Crippen molar-refractivity contribution in [2.24, 2.45) is 10.8 Å². The molecular weight excluding hydrogens is 200 g/mol. The summed E-state index contributed by atoms with van der Waals surface area (Å²) in [6.45, 7) is 12.0. The van der Waals surface area contributed by atoms with Crippen LogP contribution in [-0.2, 0) is 0 Å². The summed E-state index contributed by atoms with van der Waals surface area (Å²) >= 11 is 0. The number of rotatable bonds is 1. The predicted molar refractivity (Wildman–Crippen MR) is 74.9 cm³/mol. The van der Waals surface area contributed by atoms with Crippen molar-refractivity contribution in [1.29, 1.82) is 0 Å². The molecule has 0 aromatic carbocycles. The number of hydrogen-bond acceptors (Lipinski definition) is 0. The Balaban J connectivity index is 3.08. The molecule has 15 heavy (non-hydrogen) atoms. The van der Waals surface area contributed by atoms with Gasteiger partial charge in [0.25, 0.3) is 0 Å². The Morgan fingerprint density at radius 1 is 1.13 bits per heavy atom. The predicted octanol–water partition coefficient (Wildman–Crippen LogP) is 4.76. The molecule has 0 bridgehead atoms. The second kappa shape index (κ2) is 4.16. The third-order valence-corrected chi connectivity index (χ3v) is 5.00. The highest BCUT2D eigenvalue weighted by molar-refractivity contribution is 8.19. The van der Waals surface area contributed by atoms with E-state index < -0.39 is 0 Å². The van der Waals surface area contributed by atoms with Crippen molar-refractivity contribution >= 4 is 10.9 Å². The summed E-state index contributed by atoms with van der Waals surface area (Å²) in [6.07, 6.45) is 8.85. The van der Waals surface area contributed by atoms with Crippen molar-refractivity contribution < 1.29 is 0 Å². The first-order chi connectivity index (χ1) is 6.63. The third kappa shape index (κ3) is 3.27. The lowest BCUT2D eigenvalue weighted by atomic mass is 9.72. The van der Waals surface area contributed by atoms with E-state index in [0.717, 1.165) is 0 Å². The molecule has 0 saturated carbocycles. The maximum atomic E-state index is 2.42. The van der Waals surface area contributed by atoms with Crippen LogP contribution in [0.25, 0.3) is 0 Å². The van der Waals surface area contributed by atoms with Gasteiger partial charge < -0.3 is 0 Å². The van der Waals surface area contributed by atoms with E-state index in [1.54, 1.807) is 10.5 Å². The van der Waals surface area contributed by atoms with Crippen LogP contribution in [0.15, 0.2) is 10.5 Å². The van der Waals surface area contributed by atoms with Crippen molar-refractivity contribution in [2.75, 3.05) is 12.5 Å². The monoisotopic (exact) mass is 228 g/mol. The molecule has 0 amide bonds. The van der Waals surface area contributed by atoms with Gasteiger partial charge in [-0.05, 0) is 47.5 Å². The van der Waals surface area contributed by atoms with E-state index in [-0.39, 0.29) is 10.9 Å². The SMILES string of the molecule is C[SH](C)C1=C(C(C)(C)C)CCC(C)(C)C1. The summed E-state index contributed by atoms with van der Waals surface area (Å²) in [5.74, 6) is 0. The van der Waals surface area contributed by atoms with Crippen LogP contribution in [0.5, 0.6) is 0 Å². The average molecular weight is 228 g/mol. The highest BCUT2D eigenvalue weighted by atomic mass is 32.2. The largest absolute Gasteiger partial charge is 0.236 e. The molecule has 1 aliphatic carbocycles. The van der Waals surface area contributed by atoms with Crippen LogP contribution in [0.1, 0.15) is 53.9 Å². The molecule has 90 valence electrons. The van der Waals surface area contributed by atoms with Crippen molar-refractivity contribution in [3.05, 3.63) is 10.5 Å². The molecule has 0 N–H and O–H groups in total. The fraction of sp³-hybridized carbons (Fsp3) is 0.857. The highest BCUT2D eigenvalue weighted by Crippen LogP contribution is 2.51. The zero-order chi connectivity index (χ0) is 11.9. The van der Waals surface area contributed by atoms with Gasteiger partial charge in [0.2, 0.25) is 0 Å². The maximum absolute atomic E-state index is 2.42. The van der Waals surface area contributed by atoms with Gasteiger partial charge in [0.05, 0.1) is 0 Å². The van der Waals surface area contributed by atoms with Gasteiger partial charge in [-0.25, -0.2) is 10.9 Å². The van der Waals surface area contributed by atoms with Gasteiger partial charge in [-0.2, -0.15) is 0 Å². The second-order valence-corrected chi connectivity index (χ2v) is 9.24. The van der Waals surface area contributed by atoms with Crippen LogP contribution < -0.4 is 0 Å². The minimum atomic E-state index is 0.0990. The van der Waals surface area contributed by atoms with E-state index in [2.05, 4.69) is 47.1 Å². The Bertz CT molecular complexity index is 264. The first kappa shape index (κ1) is 13.2. The molecule has 0 atom stereocenters. The lowest BCUT2D eigenvalue weighted by Gasteiger charge is -2.40. The molecule has 1 heteroatoms. The molecule has 1 rings (SSSR count). The van der Waals surface area contributed by atoms with Crippen molar-refractivity contribution in [3.63, 3.8) is 0 Å². The molecule has 0 aromatic rings. The number of hydrogen-bond donors (Lipinski definition) is 1. The quantitative estimate of drug-likeness (QED) is 0.615. The van der Waals surface area contributed by atoms with Crippen LogP contribution in [-0.4, -0.2) is 12.5 Å². The summed E-state index contributed by atoms with van der Waals surface area (Å²) in [7, 11) is 0.0990. The van der Waals surface area contributed by atoms with E-state index in [9.17, 15) is 0 Å². The number of allylic oxidation sites excluding steroid dienone is 2. The molecule has 0 radical (unpaired) electrons. The second-order valence-electron chi connectivity index (χ2n) is 6.91. The molecular formula is C14H28S. The summed E-state index contributed by atoms with van der Waals surface area (Å²) in [6, 6.07) is 0. The normalized spacial score (nSPS) is 23.0. The minimum Gasteiger partial charge on any atom is -0.236 e. The fourth-order valence-corrected chi connectivity index (χ4v) is 4.22. The van der Waals surface area contributed by atoms with E-state index in [4.69, 9.17) is 0 Å². The standard InChI is InChI=1S/C14H28S/c1-13(2,3)11-8-9-14(4,5)10-12(11)15(6)7/h15H,8-10H2,1-7H3. The Morgan fingerprint density at radius 3 is 2.07 bits per heavy atom. The zero-order valence-electron chi connectivity index (χ0n) is 11.6. The first-order valence-corrected chi connectivity index (χ1v) is 8.27. The van der Waals surface area contributed by atoms with Crippen LogP contribution in [0, 0.1) is 10.8 Å². The molecule has 0 nitrogen and oxygen atoms in total. The Morgan fingerprint density at radius 2 is 1.67 bits per heavy atom. The molecule has 0 unspecified atom stereocenters. The van der Waals surface area contributed by atoms with Crippen molar-refractivity contribution in [2.45, 2.75) is 53.9 Å². The van der Waals surface area contributed by atoms with Gasteiger partial charge >= 0.3 is 0 Å². The van der Waals surface area contributed by atoms with E-state index in [1.165, 1.54) is 19.3 Å². The minimum absolute atomic E-state index is 0.0990. The number of thiol groups is 1. The molecule has 1 aliphatic rings. The van der Waals surface area contributed by atoms with E-state index in [1.807, 2.05) is 0 Å². The van der Waals surface area contributed by atoms with Gasteiger partial charge in [0, 0.05) is 0 Å². The molecule has 0 saturated heterocycles. The smallest absolute Gasteiger partial charge is 0.0163 e. The first-order valence-electron chi connectivity index (χ1n) is 6.03. The summed E-state index contributed by atoms with van der Waals surface area (Å²) in [5.41, 5.74) is 2.69. The molecule has 0 fully saturated rings. The van der Waals surface area contributed by atoms with Gasteiger partial charge in [-0.1, -0.05) is 40.2 Å². The Kier molecular flexibility index (Phi) is 3.65. The van der Waals surface area contributed by atoms with Crippen molar-refractivity contribution in [3.8, 4) is 0 Å². The van der Waals surface area contributed by atoms with Crippen molar-refractivity contribution in [1.82, 2.24) is 0 Å². The Labute approximate surface area is 98.9 Å². The fourth-order valence-electron chi connectivity index (χ4n) is 2.49. The average Bonchev–Trinajstić information content (AvgIpc) is 1.99. The summed E-state index contributed by atoms with van der Waals surface area (Å²) < 4.78 is 0. The van der Waals surface area contributed by atoms with Crippen LogP contribution in [0.4, 0.5) is 0 Å². The summed E-state index contributed by atoms with van der Waals surface area (Å²) in [4.78, 5) is 1.80. The molecule has 0 heterocycles. The Hall–Kier alpha value is 0.0900. The lowest BCUT2D eigenvalue weighted by molar-refractivity contribution is 0.299. The molecule has 0 aliphatic heterocycles. The van der Waals surface area contributed by atoms with Crippen LogP contribution >= 0.6 is 10.9 Å². The highest BCUT2D eigenvalue weighted by Gasteiger charge is 2.32. The maximum Gasteiger partial charge on any atom is -0.0163 e. The van der Waals surface area contributed by atoms with Gasteiger partial charge in [-0.3, -0.25) is 0 Å². The third-order valence-electron chi connectivity index (χ3n) is 3.49. The van der Waals surface area contributed by atoms with Gasteiger partial charge in [-0.15, -0.1) is 0 Å². The van der Waals surface area contributed by atoms with Crippen LogP contribution in [0.2, 0.25) is 0 Å². The van der Waals surface area contributed by atoms with Gasteiger partial charge in [0.15, 0.2) is 0 Å². The molecule has 0 spiro atoms. The zero-order valence-corrected chi connectivity index (χ0v) is 12.5. The van der Waals surface area contributed by atoms with Crippen LogP contribution in [0.3, 0.4) is 0 Å². The van der Waals surface area contributed by atoms with Gasteiger partial charge in [0.1, 0.15) is 0 Å². The van der Waals surface area contributed by atoms with E-state index >= 15 is 0 Å².